The Kier molecular flexibility index (Phi) is 5.88. The second kappa shape index (κ2) is 6.93. The second-order valence-electron chi connectivity index (χ2n) is 5.20. The third-order valence-corrected chi connectivity index (χ3v) is 2.84. The predicted molar refractivity (Wildman–Crippen MR) is 67.7 cm³/mol. The van der Waals surface area contributed by atoms with Crippen LogP contribution in [0.2, 0.25) is 0 Å². The molecule has 1 saturated heterocycles. The topological polar surface area (TPSA) is 67.6 Å². The average molecular weight is 243 g/mol. The van der Waals surface area contributed by atoms with Crippen LogP contribution in [0.3, 0.4) is 0 Å². The van der Waals surface area contributed by atoms with E-state index >= 15 is 0 Å². The van der Waals surface area contributed by atoms with Crippen molar-refractivity contribution in [2.75, 3.05) is 32.8 Å². The normalized spacial score (nSPS) is 23.7. The molecule has 0 aromatic carbocycles. The summed E-state index contributed by atoms with van der Waals surface area (Å²) in [6, 6.07) is 0.0107. The molecule has 2 unspecified atom stereocenters. The third kappa shape index (κ3) is 5.48. The molecule has 5 nitrogen and oxygen atoms in total. The number of hydrogen-bond acceptors (Lipinski definition) is 4. The van der Waals surface area contributed by atoms with Crippen molar-refractivity contribution in [1.82, 2.24) is 10.2 Å². The van der Waals surface area contributed by atoms with Crippen LogP contribution in [0.5, 0.6) is 0 Å². The minimum absolute atomic E-state index is 0.0107. The van der Waals surface area contributed by atoms with Crippen LogP contribution in [0.25, 0.3) is 0 Å². The zero-order valence-corrected chi connectivity index (χ0v) is 11.1. The summed E-state index contributed by atoms with van der Waals surface area (Å²) in [5.74, 6) is 0.574. The van der Waals surface area contributed by atoms with Gasteiger partial charge < -0.3 is 15.8 Å². The first-order chi connectivity index (χ1) is 7.99. The molecule has 0 aliphatic carbocycles. The van der Waals surface area contributed by atoms with E-state index in [9.17, 15) is 4.79 Å². The third-order valence-electron chi connectivity index (χ3n) is 2.84. The van der Waals surface area contributed by atoms with E-state index in [4.69, 9.17) is 10.5 Å². The second-order valence-corrected chi connectivity index (χ2v) is 5.20. The molecule has 1 aliphatic rings. The maximum atomic E-state index is 11.7. The van der Waals surface area contributed by atoms with Crippen molar-refractivity contribution in [1.29, 1.82) is 0 Å². The fourth-order valence-electron chi connectivity index (χ4n) is 1.77. The molecule has 0 radical (unpaired) electrons. The Balaban J connectivity index is 2.28. The van der Waals surface area contributed by atoms with Crippen LogP contribution >= 0.6 is 0 Å². The molecule has 0 spiro atoms. The fourth-order valence-corrected chi connectivity index (χ4v) is 1.77. The van der Waals surface area contributed by atoms with Crippen LogP contribution in [0.15, 0.2) is 0 Å². The zero-order chi connectivity index (χ0) is 12.8. The van der Waals surface area contributed by atoms with Gasteiger partial charge in [0.2, 0.25) is 5.91 Å². The lowest BCUT2D eigenvalue weighted by Crippen LogP contribution is -2.52. The van der Waals surface area contributed by atoms with Crippen molar-refractivity contribution < 1.29 is 9.53 Å². The number of hydrogen-bond donors (Lipinski definition) is 2. The molecule has 0 saturated carbocycles. The Morgan fingerprint density at radius 1 is 1.53 bits per heavy atom. The van der Waals surface area contributed by atoms with Crippen LogP contribution in [-0.4, -0.2) is 55.7 Å². The van der Waals surface area contributed by atoms with E-state index in [1.807, 2.05) is 6.92 Å². The van der Waals surface area contributed by atoms with E-state index < -0.39 is 0 Å². The molecule has 17 heavy (non-hydrogen) atoms. The monoisotopic (exact) mass is 243 g/mol. The van der Waals surface area contributed by atoms with E-state index in [1.165, 1.54) is 0 Å². The molecule has 1 aliphatic heterocycles. The number of ether oxygens (including phenoxy) is 1. The summed E-state index contributed by atoms with van der Waals surface area (Å²) in [5.41, 5.74) is 5.81. The maximum Gasteiger partial charge on any atom is 0.234 e. The molecular formula is C12H25N3O2. The molecule has 0 aromatic heterocycles. The highest BCUT2D eigenvalue weighted by Crippen LogP contribution is 2.07. The smallest absolute Gasteiger partial charge is 0.234 e. The van der Waals surface area contributed by atoms with Gasteiger partial charge in [-0.2, -0.15) is 0 Å². The van der Waals surface area contributed by atoms with Gasteiger partial charge in [-0.25, -0.2) is 0 Å². The summed E-state index contributed by atoms with van der Waals surface area (Å²) in [6.07, 6.45) is 0.0432. The number of nitrogens with zero attached hydrogens (tertiary/aromatic N) is 1. The number of nitrogens with two attached hydrogens (primary N) is 1. The van der Waals surface area contributed by atoms with E-state index in [0.717, 1.165) is 19.6 Å². The first-order valence-electron chi connectivity index (χ1n) is 6.35. The summed E-state index contributed by atoms with van der Waals surface area (Å²) in [5, 5.41) is 2.92. The SMILES string of the molecule is CC(C)CNC(=O)CN1CCOC(C(C)N)C1. The highest BCUT2D eigenvalue weighted by molar-refractivity contribution is 5.78. The molecule has 1 rings (SSSR count). The molecule has 5 heteroatoms. The van der Waals surface area contributed by atoms with Crippen LogP contribution < -0.4 is 11.1 Å². The number of carbonyl (C=O) groups is 1. The highest BCUT2D eigenvalue weighted by Gasteiger charge is 2.24. The van der Waals surface area contributed by atoms with Gasteiger partial charge in [0.1, 0.15) is 0 Å². The van der Waals surface area contributed by atoms with Crippen LogP contribution in [0.1, 0.15) is 20.8 Å². The zero-order valence-electron chi connectivity index (χ0n) is 11.1. The predicted octanol–water partition coefficient (Wildman–Crippen LogP) is -0.193. The molecule has 2 atom stereocenters. The molecular weight excluding hydrogens is 218 g/mol. The molecule has 0 aromatic rings. The number of amides is 1. The lowest BCUT2D eigenvalue weighted by atomic mass is 10.1. The van der Waals surface area contributed by atoms with Crippen molar-refractivity contribution in [2.45, 2.75) is 32.9 Å². The molecule has 1 fully saturated rings. The Morgan fingerprint density at radius 2 is 2.24 bits per heavy atom. The summed E-state index contributed by atoms with van der Waals surface area (Å²) in [4.78, 5) is 13.8. The van der Waals surface area contributed by atoms with Crippen molar-refractivity contribution in [3.8, 4) is 0 Å². The number of morpholine rings is 1. The van der Waals surface area contributed by atoms with Gasteiger partial charge >= 0.3 is 0 Å². The lowest BCUT2D eigenvalue weighted by Gasteiger charge is -2.34. The van der Waals surface area contributed by atoms with Gasteiger partial charge in [0.05, 0.1) is 19.3 Å². The van der Waals surface area contributed by atoms with E-state index in [-0.39, 0.29) is 18.1 Å². The molecule has 100 valence electrons. The Morgan fingerprint density at radius 3 is 2.82 bits per heavy atom. The van der Waals surface area contributed by atoms with Gasteiger partial charge in [0, 0.05) is 25.7 Å². The quantitative estimate of drug-likeness (QED) is 0.702. The average Bonchev–Trinajstić information content (AvgIpc) is 2.26. The van der Waals surface area contributed by atoms with Crippen LogP contribution in [0.4, 0.5) is 0 Å². The van der Waals surface area contributed by atoms with E-state index in [0.29, 0.717) is 19.1 Å². The fraction of sp³-hybridized carbons (Fsp3) is 0.917. The summed E-state index contributed by atoms with van der Waals surface area (Å²) < 4.78 is 5.55. The van der Waals surface area contributed by atoms with Crippen molar-refractivity contribution >= 4 is 5.91 Å². The van der Waals surface area contributed by atoms with Gasteiger partial charge in [-0.1, -0.05) is 13.8 Å². The van der Waals surface area contributed by atoms with Crippen molar-refractivity contribution in [3.05, 3.63) is 0 Å². The first kappa shape index (κ1) is 14.4. The summed E-state index contributed by atoms with van der Waals surface area (Å²) >= 11 is 0. The van der Waals surface area contributed by atoms with Gasteiger partial charge in [-0.3, -0.25) is 9.69 Å². The van der Waals surface area contributed by atoms with E-state index in [1.54, 1.807) is 0 Å². The number of nitrogens with one attached hydrogen (secondary N) is 1. The van der Waals surface area contributed by atoms with Crippen LogP contribution in [-0.2, 0) is 9.53 Å². The summed E-state index contributed by atoms with van der Waals surface area (Å²) in [7, 11) is 0. The minimum atomic E-state index is 0.0107. The van der Waals surface area contributed by atoms with E-state index in [2.05, 4.69) is 24.1 Å². The molecule has 3 N–H and O–H groups in total. The molecule has 1 heterocycles. The van der Waals surface area contributed by atoms with Gasteiger partial charge in [-0.15, -0.1) is 0 Å². The Hall–Kier alpha value is -0.650. The highest BCUT2D eigenvalue weighted by atomic mass is 16.5. The Bertz CT molecular complexity index is 244. The van der Waals surface area contributed by atoms with Crippen molar-refractivity contribution in [2.24, 2.45) is 11.7 Å². The number of carbonyl (C=O) groups excluding carboxylic acids is 1. The van der Waals surface area contributed by atoms with Gasteiger partial charge in [0.25, 0.3) is 0 Å². The standard InChI is InChI=1S/C12H25N3O2/c1-9(2)6-14-12(16)8-15-4-5-17-11(7-15)10(3)13/h9-11H,4-8,13H2,1-3H3,(H,14,16). The Labute approximate surface area is 104 Å². The maximum absolute atomic E-state index is 11.7. The minimum Gasteiger partial charge on any atom is -0.374 e. The first-order valence-corrected chi connectivity index (χ1v) is 6.35. The van der Waals surface area contributed by atoms with Crippen molar-refractivity contribution in [3.63, 3.8) is 0 Å². The van der Waals surface area contributed by atoms with Gasteiger partial charge in [-0.05, 0) is 12.8 Å². The largest absolute Gasteiger partial charge is 0.374 e. The summed E-state index contributed by atoms with van der Waals surface area (Å²) in [6.45, 7) is 9.49. The number of rotatable bonds is 5. The molecule has 0 bridgehead atoms. The van der Waals surface area contributed by atoms with Gasteiger partial charge in [0.15, 0.2) is 0 Å². The lowest BCUT2D eigenvalue weighted by molar-refractivity contribution is -0.124. The van der Waals surface area contributed by atoms with Crippen LogP contribution in [0, 0.1) is 5.92 Å². The molecule has 1 amide bonds.